The van der Waals surface area contributed by atoms with Gasteiger partial charge >= 0.3 is 0 Å². The maximum atomic E-state index is 12.5. The quantitative estimate of drug-likeness (QED) is 0.335. The van der Waals surface area contributed by atoms with Gasteiger partial charge in [0.25, 0.3) is 5.56 Å². The zero-order valence-electron chi connectivity index (χ0n) is 12.6. The van der Waals surface area contributed by atoms with Crippen LogP contribution < -0.4 is 11.3 Å². The largest absolute Gasteiger partial charge is 0.394 e. The Labute approximate surface area is 130 Å². The second-order valence-corrected chi connectivity index (χ2v) is 4.87. The average Bonchev–Trinajstić information content (AvgIpc) is 2.90. The molecule has 2 heterocycles. The van der Waals surface area contributed by atoms with E-state index in [1.165, 1.54) is 0 Å². The molecule has 0 aromatic carbocycles. The molecular formula is C12H19N7O4. The molecule has 2 rings (SSSR count). The molecule has 0 aliphatic heterocycles. The Kier molecular flexibility index (Phi) is 5.36. The maximum absolute atomic E-state index is 12.5. The normalized spacial score (nSPS) is 11.5. The average molecular weight is 325 g/mol. The van der Waals surface area contributed by atoms with Gasteiger partial charge in [-0.1, -0.05) is 18.6 Å². The molecule has 0 bridgehead atoms. The standard InChI is InChI=1S/C12H19N7O4/c1-2-3-8-9-10(19(16-8)12(13)14)11(22)18(17-15-9)6-23-7(4-20)5-21/h7,20-21H,2-6H2,1H3,(H3,13,14). The van der Waals surface area contributed by atoms with E-state index in [4.69, 9.17) is 26.1 Å². The van der Waals surface area contributed by atoms with Crippen LogP contribution >= 0.6 is 0 Å². The molecule has 23 heavy (non-hydrogen) atoms. The minimum absolute atomic E-state index is 0.0455. The zero-order chi connectivity index (χ0) is 17.0. The summed E-state index contributed by atoms with van der Waals surface area (Å²) < 4.78 is 7.09. The first-order valence-electron chi connectivity index (χ1n) is 7.06. The highest BCUT2D eigenvalue weighted by Gasteiger charge is 2.19. The molecule has 0 spiro atoms. The summed E-state index contributed by atoms with van der Waals surface area (Å²) in [5, 5.41) is 37.3. The molecule has 11 heteroatoms. The zero-order valence-corrected chi connectivity index (χ0v) is 12.6. The van der Waals surface area contributed by atoms with Crippen LogP contribution in [0, 0.1) is 5.41 Å². The number of nitrogen functional groups attached to an aromatic ring is 1. The van der Waals surface area contributed by atoms with Crippen molar-refractivity contribution in [2.24, 2.45) is 5.73 Å². The molecule has 2 aromatic rings. The molecular weight excluding hydrogens is 306 g/mol. The monoisotopic (exact) mass is 325 g/mol. The van der Waals surface area contributed by atoms with Crippen molar-refractivity contribution >= 4 is 17.0 Å². The van der Waals surface area contributed by atoms with Crippen LogP contribution in [0.1, 0.15) is 19.0 Å². The summed E-state index contributed by atoms with van der Waals surface area (Å²) in [7, 11) is 0. The van der Waals surface area contributed by atoms with Gasteiger partial charge in [0.15, 0.2) is 5.52 Å². The van der Waals surface area contributed by atoms with E-state index in [-0.39, 0.29) is 12.2 Å². The van der Waals surface area contributed by atoms with Gasteiger partial charge in [-0.3, -0.25) is 10.2 Å². The predicted molar refractivity (Wildman–Crippen MR) is 79.9 cm³/mol. The van der Waals surface area contributed by atoms with E-state index < -0.39 is 30.8 Å². The number of aromatic nitrogens is 5. The lowest BCUT2D eigenvalue weighted by Gasteiger charge is -2.12. The lowest BCUT2D eigenvalue weighted by atomic mass is 10.2. The molecule has 0 radical (unpaired) electrons. The van der Waals surface area contributed by atoms with Gasteiger partial charge in [-0.25, -0.2) is 0 Å². The molecule has 0 aliphatic carbocycles. The summed E-state index contributed by atoms with van der Waals surface area (Å²) in [5.41, 5.74) is 5.77. The first-order chi connectivity index (χ1) is 11.0. The van der Waals surface area contributed by atoms with Crippen LogP contribution in [0.4, 0.5) is 0 Å². The molecule has 0 amide bonds. The molecule has 0 atom stereocenters. The molecule has 0 saturated heterocycles. The summed E-state index contributed by atoms with van der Waals surface area (Å²) in [5.74, 6) is -0.404. The van der Waals surface area contributed by atoms with Crippen LogP contribution in [-0.2, 0) is 17.9 Å². The smallest absolute Gasteiger partial charge is 0.298 e. The van der Waals surface area contributed by atoms with Crippen molar-refractivity contribution in [2.75, 3.05) is 13.2 Å². The molecule has 5 N–H and O–H groups in total. The Balaban J connectivity index is 2.46. The van der Waals surface area contributed by atoms with Crippen molar-refractivity contribution in [3.63, 3.8) is 0 Å². The Hall–Kier alpha value is -2.37. The van der Waals surface area contributed by atoms with E-state index in [9.17, 15) is 4.79 Å². The fourth-order valence-corrected chi connectivity index (χ4v) is 2.02. The second-order valence-electron chi connectivity index (χ2n) is 4.87. The van der Waals surface area contributed by atoms with E-state index >= 15 is 0 Å². The highest BCUT2D eigenvalue weighted by atomic mass is 16.5. The Bertz CT molecular complexity index is 750. The number of hydrogen-bond acceptors (Lipinski definition) is 8. The van der Waals surface area contributed by atoms with Crippen molar-refractivity contribution < 1.29 is 14.9 Å². The number of nitrogens with two attached hydrogens (primary N) is 1. The van der Waals surface area contributed by atoms with Crippen molar-refractivity contribution in [2.45, 2.75) is 32.6 Å². The van der Waals surface area contributed by atoms with Crippen LogP contribution in [0.25, 0.3) is 11.0 Å². The van der Waals surface area contributed by atoms with E-state index in [2.05, 4.69) is 15.4 Å². The van der Waals surface area contributed by atoms with E-state index in [1.54, 1.807) is 0 Å². The molecule has 0 unspecified atom stereocenters. The third-order valence-electron chi connectivity index (χ3n) is 3.17. The van der Waals surface area contributed by atoms with Crippen LogP contribution in [-0.4, -0.2) is 60.3 Å². The van der Waals surface area contributed by atoms with Gasteiger partial charge in [0.1, 0.15) is 18.4 Å². The van der Waals surface area contributed by atoms with Crippen molar-refractivity contribution in [1.29, 1.82) is 5.41 Å². The predicted octanol–water partition coefficient (Wildman–Crippen LogP) is -1.99. The summed E-state index contributed by atoms with van der Waals surface area (Å²) in [6, 6.07) is 0. The maximum Gasteiger partial charge on any atom is 0.298 e. The Morgan fingerprint density at radius 1 is 1.43 bits per heavy atom. The third-order valence-corrected chi connectivity index (χ3v) is 3.17. The number of aryl methyl sites for hydroxylation is 1. The van der Waals surface area contributed by atoms with E-state index in [0.717, 1.165) is 15.8 Å². The number of hydrogen-bond donors (Lipinski definition) is 4. The highest BCUT2D eigenvalue weighted by molar-refractivity contribution is 5.89. The number of rotatable bonds is 7. The Morgan fingerprint density at radius 3 is 2.70 bits per heavy atom. The molecule has 2 aromatic heterocycles. The molecule has 0 saturated carbocycles. The van der Waals surface area contributed by atoms with Gasteiger partial charge in [-0.05, 0) is 6.42 Å². The van der Waals surface area contributed by atoms with E-state index in [0.29, 0.717) is 17.6 Å². The fourth-order valence-electron chi connectivity index (χ4n) is 2.02. The van der Waals surface area contributed by atoms with Crippen LogP contribution in [0.3, 0.4) is 0 Å². The lowest BCUT2D eigenvalue weighted by Crippen LogP contribution is -2.32. The topological polar surface area (TPSA) is 165 Å². The van der Waals surface area contributed by atoms with Gasteiger partial charge in [0.05, 0.1) is 18.9 Å². The number of fused-ring (bicyclic) bond motifs is 1. The van der Waals surface area contributed by atoms with Crippen molar-refractivity contribution in [1.82, 2.24) is 24.8 Å². The van der Waals surface area contributed by atoms with Crippen molar-refractivity contribution in [3.8, 4) is 0 Å². The van der Waals surface area contributed by atoms with Crippen LogP contribution in [0.15, 0.2) is 4.79 Å². The molecule has 11 nitrogen and oxygen atoms in total. The third kappa shape index (κ3) is 3.36. The van der Waals surface area contributed by atoms with Crippen LogP contribution in [0.2, 0.25) is 0 Å². The number of nitrogens with zero attached hydrogens (tertiary/aromatic N) is 5. The van der Waals surface area contributed by atoms with Gasteiger partial charge in [-0.2, -0.15) is 14.5 Å². The van der Waals surface area contributed by atoms with Crippen LogP contribution in [0.5, 0.6) is 0 Å². The minimum Gasteiger partial charge on any atom is -0.394 e. The first kappa shape index (κ1) is 17.0. The summed E-state index contributed by atoms with van der Waals surface area (Å²) in [4.78, 5) is 12.5. The van der Waals surface area contributed by atoms with Gasteiger partial charge < -0.3 is 20.7 Å². The van der Waals surface area contributed by atoms with Gasteiger partial charge in [-0.15, -0.1) is 5.10 Å². The van der Waals surface area contributed by atoms with Gasteiger partial charge in [0, 0.05) is 0 Å². The Morgan fingerprint density at radius 2 is 2.13 bits per heavy atom. The summed E-state index contributed by atoms with van der Waals surface area (Å²) >= 11 is 0. The summed E-state index contributed by atoms with van der Waals surface area (Å²) in [6.07, 6.45) is 0.530. The molecule has 126 valence electrons. The van der Waals surface area contributed by atoms with Gasteiger partial charge in [0.2, 0.25) is 5.96 Å². The second kappa shape index (κ2) is 7.26. The SMILES string of the molecule is CCCc1nn(C(=N)N)c2c(=O)n(COC(CO)CO)nnc12. The first-order valence-corrected chi connectivity index (χ1v) is 7.06. The highest BCUT2D eigenvalue weighted by Crippen LogP contribution is 2.13. The molecule has 0 aliphatic rings. The van der Waals surface area contributed by atoms with E-state index in [1.807, 2.05) is 6.92 Å². The number of aliphatic hydroxyl groups excluding tert-OH is 2. The lowest BCUT2D eigenvalue weighted by molar-refractivity contribution is -0.0555. The summed E-state index contributed by atoms with van der Waals surface area (Å²) in [6.45, 7) is 0.852. The number of aliphatic hydroxyl groups is 2. The van der Waals surface area contributed by atoms with Crippen molar-refractivity contribution in [3.05, 3.63) is 16.0 Å². The molecule has 0 fully saturated rings. The minimum atomic E-state index is -0.826. The number of nitrogens with one attached hydrogen (secondary N) is 1. The fraction of sp³-hybridized carbons (Fsp3) is 0.583. The number of ether oxygens (including phenoxy) is 1.